The number of carbonyl (C=O) groups excluding carboxylic acids is 1. The number of aromatic hydroxyl groups is 1. The van der Waals surface area contributed by atoms with Gasteiger partial charge in [-0.15, -0.1) is 0 Å². The third-order valence-electron chi connectivity index (χ3n) is 3.78. The molecule has 1 aromatic carbocycles. The molecular weight excluding hydrogens is 288 g/mol. The Bertz CT molecular complexity index is 572. The molecule has 0 bridgehead atoms. The summed E-state index contributed by atoms with van der Waals surface area (Å²) in [5, 5.41) is 10.8. The summed E-state index contributed by atoms with van der Waals surface area (Å²) >= 11 is 0. The summed E-state index contributed by atoms with van der Waals surface area (Å²) in [6.07, 6.45) is 2.41. The summed E-state index contributed by atoms with van der Waals surface area (Å²) in [6.45, 7) is 16.3. The van der Waals surface area contributed by atoms with Gasteiger partial charge in [0.1, 0.15) is 12.4 Å². The highest BCUT2D eigenvalue weighted by molar-refractivity contribution is 5.70. The first-order chi connectivity index (χ1) is 10.5. The first-order valence-electron chi connectivity index (χ1n) is 8.10. The fraction of sp³-hybridized carbons (Fsp3) is 0.550. The predicted molar refractivity (Wildman–Crippen MR) is 95.0 cm³/mol. The summed E-state index contributed by atoms with van der Waals surface area (Å²) in [7, 11) is 0. The second kappa shape index (κ2) is 7.20. The van der Waals surface area contributed by atoms with E-state index in [0.29, 0.717) is 18.6 Å². The second-order valence-electron chi connectivity index (χ2n) is 7.97. The van der Waals surface area contributed by atoms with E-state index < -0.39 is 0 Å². The van der Waals surface area contributed by atoms with Crippen LogP contribution >= 0.6 is 0 Å². The van der Waals surface area contributed by atoms with Crippen LogP contribution in [0.3, 0.4) is 0 Å². The Morgan fingerprint density at radius 1 is 1.17 bits per heavy atom. The molecule has 0 heterocycles. The van der Waals surface area contributed by atoms with Crippen molar-refractivity contribution in [2.75, 3.05) is 6.61 Å². The van der Waals surface area contributed by atoms with Crippen LogP contribution in [-0.4, -0.2) is 17.7 Å². The molecule has 23 heavy (non-hydrogen) atoms. The molecule has 128 valence electrons. The van der Waals surface area contributed by atoms with Gasteiger partial charge in [0.15, 0.2) is 0 Å². The van der Waals surface area contributed by atoms with Crippen LogP contribution in [-0.2, 0) is 26.8 Å². The summed E-state index contributed by atoms with van der Waals surface area (Å²) in [4.78, 5) is 11.7. The molecule has 1 N–H and O–H groups in total. The first-order valence-corrected chi connectivity index (χ1v) is 8.10. The molecule has 1 aromatic rings. The van der Waals surface area contributed by atoms with Crippen molar-refractivity contribution in [2.24, 2.45) is 0 Å². The van der Waals surface area contributed by atoms with Gasteiger partial charge in [-0.25, -0.2) is 0 Å². The molecule has 0 saturated carbocycles. The van der Waals surface area contributed by atoms with Crippen LogP contribution in [0.2, 0.25) is 0 Å². The van der Waals surface area contributed by atoms with E-state index in [0.717, 1.165) is 16.7 Å². The lowest BCUT2D eigenvalue weighted by Gasteiger charge is -2.29. The lowest BCUT2D eigenvalue weighted by atomic mass is 9.76. The van der Waals surface area contributed by atoms with E-state index in [9.17, 15) is 9.90 Å². The van der Waals surface area contributed by atoms with E-state index >= 15 is 0 Å². The highest BCUT2D eigenvalue weighted by Crippen LogP contribution is 2.41. The number of phenols is 1. The van der Waals surface area contributed by atoms with Gasteiger partial charge < -0.3 is 9.84 Å². The molecule has 3 nitrogen and oxygen atoms in total. The molecule has 0 amide bonds. The lowest BCUT2D eigenvalue weighted by Crippen LogP contribution is -2.19. The van der Waals surface area contributed by atoms with E-state index in [1.165, 1.54) is 0 Å². The maximum Gasteiger partial charge on any atom is 0.306 e. The number of carbonyl (C=O) groups is 1. The Labute approximate surface area is 140 Å². The second-order valence-corrected chi connectivity index (χ2v) is 7.97. The Morgan fingerprint density at radius 3 is 2.26 bits per heavy atom. The topological polar surface area (TPSA) is 46.5 Å². The van der Waals surface area contributed by atoms with Crippen LogP contribution in [0.4, 0.5) is 0 Å². The fourth-order valence-corrected chi connectivity index (χ4v) is 2.74. The van der Waals surface area contributed by atoms with Gasteiger partial charge in [0, 0.05) is 12.0 Å². The van der Waals surface area contributed by atoms with E-state index in [-0.39, 0.29) is 23.4 Å². The van der Waals surface area contributed by atoms with Gasteiger partial charge >= 0.3 is 5.97 Å². The zero-order valence-corrected chi connectivity index (χ0v) is 15.3. The molecule has 0 aromatic heterocycles. The third kappa shape index (κ3) is 5.12. The molecule has 0 radical (unpaired) electrons. The quantitative estimate of drug-likeness (QED) is 0.635. The van der Waals surface area contributed by atoms with Crippen molar-refractivity contribution >= 4 is 5.97 Å². The van der Waals surface area contributed by atoms with Crippen LogP contribution < -0.4 is 0 Å². The molecule has 1 rings (SSSR count). The minimum Gasteiger partial charge on any atom is -0.507 e. The van der Waals surface area contributed by atoms with E-state index in [1.54, 1.807) is 6.08 Å². The van der Waals surface area contributed by atoms with E-state index in [4.69, 9.17) is 4.74 Å². The number of aryl methyl sites for hydroxylation is 1. The van der Waals surface area contributed by atoms with Gasteiger partial charge in [-0.05, 0) is 28.4 Å². The van der Waals surface area contributed by atoms with Crippen molar-refractivity contribution in [2.45, 2.75) is 65.2 Å². The van der Waals surface area contributed by atoms with Crippen LogP contribution in [0.15, 0.2) is 24.8 Å². The summed E-state index contributed by atoms with van der Waals surface area (Å²) in [6, 6.07) is 4.00. The number of hydrogen-bond donors (Lipinski definition) is 1. The van der Waals surface area contributed by atoms with Crippen LogP contribution in [0.1, 0.15) is 64.7 Å². The molecule has 3 heteroatoms. The maximum atomic E-state index is 11.7. The smallest absolute Gasteiger partial charge is 0.306 e. The summed E-state index contributed by atoms with van der Waals surface area (Å²) < 4.78 is 5.03. The van der Waals surface area contributed by atoms with Crippen LogP contribution in [0.5, 0.6) is 5.75 Å². The molecule has 0 atom stereocenters. The minimum absolute atomic E-state index is 0.133. The molecule has 0 aliphatic heterocycles. The zero-order chi connectivity index (χ0) is 17.8. The van der Waals surface area contributed by atoms with Crippen LogP contribution in [0.25, 0.3) is 0 Å². The third-order valence-corrected chi connectivity index (χ3v) is 3.78. The van der Waals surface area contributed by atoms with Crippen molar-refractivity contribution in [3.8, 4) is 5.75 Å². The molecule has 0 aliphatic carbocycles. The monoisotopic (exact) mass is 318 g/mol. The Morgan fingerprint density at radius 2 is 1.78 bits per heavy atom. The van der Waals surface area contributed by atoms with Crippen molar-refractivity contribution in [3.05, 3.63) is 41.5 Å². The van der Waals surface area contributed by atoms with Gasteiger partial charge in [-0.3, -0.25) is 4.79 Å². The van der Waals surface area contributed by atoms with Gasteiger partial charge in [-0.2, -0.15) is 0 Å². The number of esters is 1. The highest BCUT2D eigenvalue weighted by atomic mass is 16.5. The number of phenolic OH excluding ortho intramolecular Hbond substituents is 1. The van der Waals surface area contributed by atoms with Crippen molar-refractivity contribution in [3.63, 3.8) is 0 Å². The zero-order valence-electron chi connectivity index (χ0n) is 15.3. The molecule has 0 unspecified atom stereocenters. The average molecular weight is 318 g/mol. The van der Waals surface area contributed by atoms with Gasteiger partial charge in [0.2, 0.25) is 0 Å². The molecule has 0 saturated heterocycles. The molecule has 0 spiro atoms. The van der Waals surface area contributed by atoms with Crippen molar-refractivity contribution < 1.29 is 14.6 Å². The fourth-order valence-electron chi connectivity index (χ4n) is 2.74. The molecular formula is C20H30O3. The Hall–Kier alpha value is -1.77. The van der Waals surface area contributed by atoms with Gasteiger partial charge in [0.05, 0.1) is 0 Å². The summed E-state index contributed by atoms with van der Waals surface area (Å²) in [5.74, 6) is 0.103. The molecule has 0 aliphatic rings. The normalized spacial score (nSPS) is 12.1. The molecule has 0 fully saturated rings. The predicted octanol–water partition coefficient (Wildman–Crippen LogP) is 4.65. The van der Waals surface area contributed by atoms with E-state index in [1.807, 2.05) is 12.1 Å². The maximum absolute atomic E-state index is 11.7. The Kier molecular flexibility index (Phi) is 6.04. The number of hydrogen-bond acceptors (Lipinski definition) is 3. The Balaban J connectivity index is 3.16. The SMILES string of the molecule is C=CCOC(=O)CCc1ccc(C(C)(C)C)c(O)c1C(C)(C)C. The largest absolute Gasteiger partial charge is 0.507 e. The average Bonchev–Trinajstić information content (AvgIpc) is 2.39. The first kappa shape index (κ1) is 19.3. The number of ether oxygens (including phenoxy) is 1. The van der Waals surface area contributed by atoms with Crippen LogP contribution in [0, 0.1) is 0 Å². The van der Waals surface area contributed by atoms with Gasteiger partial charge in [-0.1, -0.05) is 66.3 Å². The van der Waals surface area contributed by atoms with E-state index in [2.05, 4.69) is 48.1 Å². The number of rotatable bonds is 5. The number of benzene rings is 1. The standard InChI is InChI=1S/C20H30O3/c1-8-13-23-16(21)12-10-14-9-11-15(19(2,3)4)18(22)17(14)20(5,6)7/h8-9,11,22H,1,10,12-13H2,2-7H3. The van der Waals surface area contributed by atoms with Crippen molar-refractivity contribution in [1.29, 1.82) is 0 Å². The van der Waals surface area contributed by atoms with Crippen molar-refractivity contribution in [1.82, 2.24) is 0 Å². The lowest BCUT2D eigenvalue weighted by molar-refractivity contribution is -0.142. The van der Waals surface area contributed by atoms with Gasteiger partial charge in [0.25, 0.3) is 0 Å². The summed E-state index contributed by atoms with van der Waals surface area (Å²) in [5.41, 5.74) is 2.51. The highest BCUT2D eigenvalue weighted by Gasteiger charge is 2.28. The minimum atomic E-state index is -0.246.